The maximum atomic E-state index is 4.15. The van der Waals surface area contributed by atoms with Crippen LogP contribution in [0.25, 0.3) is 0 Å². The first-order chi connectivity index (χ1) is 7.29. The van der Waals surface area contributed by atoms with Gasteiger partial charge < -0.3 is 0 Å². The summed E-state index contributed by atoms with van der Waals surface area (Å²) >= 11 is 0. The fraction of sp³-hybridized carbons (Fsp3) is 0.286. The third-order valence-corrected chi connectivity index (χ3v) is 2.76. The zero-order valence-electron chi connectivity index (χ0n) is 9.22. The third-order valence-electron chi connectivity index (χ3n) is 2.76. The molecule has 2 rings (SSSR count). The van der Waals surface area contributed by atoms with E-state index in [9.17, 15) is 0 Å². The van der Waals surface area contributed by atoms with Gasteiger partial charge in [0.25, 0.3) is 12.4 Å². The minimum absolute atomic E-state index is 0.466. The van der Waals surface area contributed by atoms with E-state index in [0.29, 0.717) is 11.8 Å². The van der Waals surface area contributed by atoms with Gasteiger partial charge in [-0.15, -0.1) is 4.67 Å². The van der Waals surface area contributed by atoms with Crippen molar-refractivity contribution in [3.63, 3.8) is 0 Å². The molecule has 1 aliphatic heterocycles. The van der Waals surface area contributed by atoms with Crippen molar-refractivity contribution in [3.05, 3.63) is 47.5 Å². The van der Waals surface area contributed by atoms with Crippen LogP contribution in [-0.4, -0.2) is 12.4 Å². The van der Waals surface area contributed by atoms with Crippen molar-refractivity contribution in [2.24, 2.45) is 5.92 Å². The van der Waals surface area contributed by atoms with Crippen LogP contribution in [0.2, 0.25) is 0 Å². The molecule has 0 aliphatic carbocycles. The Morgan fingerprint density at radius 2 is 1.80 bits per heavy atom. The van der Waals surface area contributed by atoms with Crippen molar-refractivity contribution < 1.29 is 0 Å². The summed E-state index contributed by atoms with van der Waals surface area (Å²) in [6.07, 6.45) is 5.95. The average molecular weight is 198 g/mol. The Hall–Kier alpha value is -1.59. The van der Waals surface area contributed by atoms with Gasteiger partial charge in [0, 0.05) is 17.6 Å². The molecule has 1 heterocycles. The van der Waals surface area contributed by atoms with Crippen LogP contribution < -0.4 is 4.67 Å². The Labute approximate surface area is 90.9 Å². The molecule has 0 saturated carbocycles. The van der Waals surface area contributed by atoms with Crippen molar-refractivity contribution in [1.82, 2.24) is 4.67 Å². The topological polar surface area (TPSA) is 14.1 Å². The van der Waals surface area contributed by atoms with Gasteiger partial charge in [-0.25, -0.2) is 0 Å². The van der Waals surface area contributed by atoms with Crippen LogP contribution in [0.3, 0.4) is 0 Å². The predicted molar refractivity (Wildman–Crippen MR) is 66.4 cm³/mol. The summed E-state index contributed by atoms with van der Waals surface area (Å²) in [4.78, 5) is 0. The van der Waals surface area contributed by atoms with Crippen LogP contribution in [0, 0.1) is 5.92 Å². The van der Waals surface area contributed by atoms with Gasteiger partial charge >= 0.3 is 0 Å². The Morgan fingerprint density at radius 3 is 2.33 bits per heavy atom. The lowest BCUT2D eigenvalue weighted by Crippen LogP contribution is -2.10. The van der Waals surface area contributed by atoms with Crippen LogP contribution >= 0.6 is 0 Å². The Balaban J connectivity index is 2.33. The number of allylic oxidation sites excluding steroid dienone is 2. The molecule has 15 heavy (non-hydrogen) atoms. The van der Waals surface area contributed by atoms with Crippen LogP contribution in [0.4, 0.5) is 0 Å². The Bertz CT molecular complexity index is 420. The first-order valence-electron chi connectivity index (χ1n) is 5.40. The molecule has 76 valence electrons. The minimum Gasteiger partial charge on any atom is -0.101 e. The highest BCUT2D eigenvalue weighted by atomic mass is 14.6. The van der Waals surface area contributed by atoms with Crippen molar-refractivity contribution in [3.8, 4) is 0 Å². The first kappa shape index (κ1) is 9.95. The summed E-state index contributed by atoms with van der Waals surface area (Å²) in [6.45, 7) is 4.51. The Kier molecular flexibility index (Phi) is 2.84. The van der Waals surface area contributed by atoms with Crippen molar-refractivity contribution >= 4 is 12.4 Å². The molecule has 1 heteroatoms. The van der Waals surface area contributed by atoms with Gasteiger partial charge in [-0.1, -0.05) is 44.2 Å². The number of rotatable bonds is 3. The highest BCUT2D eigenvalue weighted by Gasteiger charge is 2.23. The molecule has 0 amide bonds. The van der Waals surface area contributed by atoms with Crippen LogP contribution in [0.5, 0.6) is 0 Å². The molecular formula is C14H16N+. The molecule has 1 aliphatic rings. The number of hydrogen-bond donors (Lipinski definition) is 0. The molecule has 1 nitrogen and oxygen atoms in total. The van der Waals surface area contributed by atoms with Gasteiger partial charge in [-0.3, -0.25) is 0 Å². The number of benzene rings is 1. The molecule has 0 saturated heterocycles. The molecule has 0 aromatic heterocycles. The molecule has 0 spiro atoms. The lowest BCUT2D eigenvalue weighted by molar-refractivity contribution is 0.569. The lowest BCUT2D eigenvalue weighted by atomic mass is 9.83. The molecule has 1 unspecified atom stereocenters. The molecule has 1 aromatic rings. The Morgan fingerprint density at radius 1 is 1.07 bits per heavy atom. The summed E-state index contributed by atoms with van der Waals surface area (Å²) in [7, 11) is 0. The SMILES string of the molecule is CC(C)C(C1=CC=[N+]=C1)c1ccccc1. The zero-order chi connectivity index (χ0) is 10.7. The van der Waals surface area contributed by atoms with E-state index in [2.05, 4.69) is 54.9 Å². The first-order valence-corrected chi connectivity index (χ1v) is 5.40. The fourth-order valence-electron chi connectivity index (χ4n) is 2.11. The van der Waals surface area contributed by atoms with E-state index in [0.717, 1.165) is 0 Å². The molecule has 0 radical (unpaired) electrons. The molecular weight excluding hydrogens is 182 g/mol. The highest BCUT2D eigenvalue weighted by molar-refractivity contribution is 5.94. The van der Waals surface area contributed by atoms with Gasteiger partial charge in [0.15, 0.2) is 0 Å². The van der Waals surface area contributed by atoms with E-state index < -0.39 is 0 Å². The second-order valence-electron chi connectivity index (χ2n) is 4.23. The number of nitrogens with zero attached hydrogens (tertiary/aromatic N) is 1. The van der Waals surface area contributed by atoms with Gasteiger partial charge in [-0.05, 0) is 11.5 Å². The molecule has 1 atom stereocenters. The van der Waals surface area contributed by atoms with Crippen LogP contribution in [-0.2, 0) is 0 Å². The number of hydrogen-bond acceptors (Lipinski definition) is 0. The standard InChI is InChI=1S/C14H16N/c1-11(2)14(13-8-9-15-10-13)12-6-4-3-5-7-12/h3-11,14H,1-2H3/q+1. The minimum atomic E-state index is 0.466. The zero-order valence-corrected chi connectivity index (χ0v) is 9.22. The maximum absolute atomic E-state index is 4.15. The smallest absolute Gasteiger partial charge is 0.101 e. The summed E-state index contributed by atoms with van der Waals surface area (Å²) in [5.41, 5.74) is 2.69. The molecule has 0 bridgehead atoms. The molecule has 0 fully saturated rings. The van der Waals surface area contributed by atoms with E-state index in [1.165, 1.54) is 11.1 Å². The van der Waals surface area contributed by atoms with Crippen molar-refractivity contribution in [2.75, 3.05) is 0 Å². The van der Waals surface area contributed by atoms with Crippen LogP contribution in [0.15, 0.2) is 42.0 Å². The average Bonchev–Trinajstić information content (AvgIpc) is 2.72. The van der Waals surface area contributed by atoms with E-state index in [-0.39, 0.29) is 0 Å². The highest BCUT2D eigenvalue weighted by Crippen LogP contribution is 2.30. The van der Waals surface area contributed by atoms with Crippen LogP contribution in [0.1, 0.15) is 25.3 Å². The van der Waals surface area contributed by atoms with E-state index in [1.54, 1.807) is 0 Å². The third kappa shape index (κ3) is 2.08. The lowest BCUT2D eigenvalue weighted by Gasteiger charge is -2.19. The maximum Gasteiger partial charge on any atom is 0.296 e. The fourth-order valence-corrected chi connectivity index (χ4v) is 2.11. The molecule has 1 aromatic carbocycles. The quantitative estimate of drug-likeness (QED) is 0.663. The summed E-state index contributed by atoms with van der Waals surface area (Å²) < 4.78 is 4.15. The van der Waals surface area contributed by atoms with Gasteiger partial charge in [0.2, 0.25) is 0 Å². The normalized spacial score (nSPS) is 15.8. The monoisotopic (exact) mass is 198 g/mol. The second-order valence-corrected chi connectivity index (χ2v) is 4.23. The molecule has 0 N–H and O–H groups in total. The van der Waals surface area contributed by atoms with Gasteiger partial charge in [-0.2, -0.15) is 0 Å². The predicted octanol–water partition coefficient (Wildman–Crippen LogP) is 2.58. The van der Waals surface area contributed by atoms with Crippen molar-refractivity contribution in [2.45, 2.75) is 19.8 Å². The van der Waals surface area contributed by atoms with E-state index >= 15 is 0 Å². The van der Waals surface area contributed by atoms with E-state index in [1.807, 2.05) is 12.4 Å². The van der Waals surface area contributed by atoms with E-state index in [4.69, 9.17) is 0 Å². The second kappa shape index (κ2) is 4.29. The van der Waals surface area contributed by atoms with Gasteiger partial charge in [0.05, 0.1) is 0 Å². The van der Waals surface area contributed by atoms with Gasteiger partial charge in [0.1, 0.15) is 0 Å². The summed E-state index contributed by atoms with van der Waals surface area (Å²) in [5.74, 6) is 1.06. The summed E-state index contributed by atoms with van der Waals surface area (Å²) in [5, 5.41) is 0. The summed E-state index contributed by atoms with van der Waals surface area (Å²) in [6, 6.07) is 10.6. The van der Waals surface area contributed by atoms with Crippen molar-refractivity contribution in [1.29, 1.82) is 0 Å². The largest absolute Gasteiger partial charge is 0.296 e.